The van der Waals surface area contributed by atoms with Gasteiger partial charge < -0.3 is 14.9 Å². The lowest BCUT2D eigenvalue weighted by atomic mass is 10.1. The van der Waals surface area contributed by atoms with Crippen LogP contribution in [0.15, 0.2) is 16.6 Å². The van der Waals surface area contributed by atoms with Crippen LogP contribution in [0.1, 0.15) is 53.8 Å². The van der Waals surface area contributed by atoms with Crippen molar-refractivity contribution >= 4 is 27.9 Å². The summed E-state index contributed by atoms with van der Waals surface area (Å²) in [4.78, 5) is 22.2. The van der Waals surface area contributed by atoms with E-state index in [4.69, 9.17) is 14.9 Å². The van der Waals surface area contributed by atoms with Crippen LogP contribution in [-0.2, 0) is 0 Å². The maximum Gasteiger partial charge on any atom is 0.337 e. The van der Waals surface area contributed by atoms with Crippen LogP contribution >= 0.6 is 15.9 Å². The molecule has 0 aliphatic heterocycles. The van der Waals surface area contributed by atoms with Crippen LogP contribution in [0.25, 0.3) is 0 Å². The molecule has 0 aromatic heterocycles. The lowest BCUT2D eigenvalue weighted by Gasteiger charge is -2.12. The number of halogens is 1. The third-order valence-corrected chi connectivity index (χ3v) is 3.77. The number of hydrogen-bond acceptors (Lipinski definition) is 3. The largest absolute Gasteiger partial charge is 0.492 e. The molecule has 0 bridgehead atoms. The van der Waals surface area contributed by atoms with E-state index in [1.54, 1.807) is 0 Å². The summed E-state index contributed by atoms with van der Waals surface area (Å²) in [5.74, 6) is -1.59. The number of carboxylic acid groups (broad SMARTS) is 2. The molecule has 116 valence electrons. The first-order valence-electron chi connectivity index (χ1n) is 6.76. The zero-order valence-electron chi connectivity index (χ0n) is 12.1. The van der Waals surface area contributed by atoms with Gasteiger partial charge in [-0.3, -0.25) is 0 Å². The number of hydrogen-bond donors (Lipinski definition) is 2. The summed E-state index contributed by atoms with van der Waals surface area (Å²) in [6.07, 6.45) is 3.02. The average molecular weight is 359 g/mol. The maximum absolute atomic E-state index is 11.2. The molecular formula is C15H19BrO5. The molecule has 0 aliphatic carbocycles. The molecule has 6 heteroatoms. The van der Waals surface area contributed by atoms with Crippen LogP contribution in [0.2, 0.25) is 0 Å². The van der Waals surface area contributed by atoms with Crippen molar-refractivity contribution in [1.82, 2.24) is 0 Å². The molecule has 21 heavy (non-hydrogen) atoms. The van der Waals surface area contributed by atoms with Gasteiger partial charge in [0.25, 0.3) is 0 Å². The molecule has 1 aromatic rings. The highest BCUT2D eigenvalue weighted by molar-refractivity contribution is 9.10. The molecule has 0 atom stereocenters. The lowest BCUT2D eigenvalue weighted by Crippen LogP contribution is -2.10. The third kappa shape index (κ3) is 5.04. The topological polar surface area (TPSA) is 83.8 Å². The molecule has 0 unspecified atom stereocenters. The summed E-state index contributed by atoms with van der Waals surface area (Å²) in [6, 6.07) is 2.72. The first-order valence-corrected chi connectivity index (χ1v) is 7.55. The van der Waals surface area contributed by atoms with Crippen LogP contribution in [-0.4, -0.2) is 28.8 Å². The number of ether oxygens (including phenoxy) is 1. The van der Waals surface area contributed by atoms with Gasteiger partial charge in [-0.1, -0.05) is 20.3 Å². The molecule has 0 heterocycles. The quantitative estimate of drug-likeness (QED) is 0.684. The minimum atomic E-state index is -1.30. The summed E-state index contributed by atoms with van der Waals surface area (Å²) < 4.78 is 5.71. The van der Waals surface area contributed by atoms with Crippen molar-refractivity contribution in [3.63, 3.8) is 0 Å². The molecule has 0 fully saturated rings. The highest BCUT2D eigenvalue weighted by atomic mass is 79.9. The van der Waals surface area contributed by atoms with Crippen molar-refractivity contribution in [2.75, 3.05) is 6.61 Å². The molecule has 1 aromatic carbocycles. The number of carboxylic acids is 2. The van der Waals surface area contributed by atoms with Crippen molar-refractivity contribution in [2.24, 2.45) is 5.92 Å². The molecule has 0 saturated heterocycles. The van der Waals surface area contributed by atoms with Crippen molar-refractivity contribution in [1.29, 1.82) is 0 Å². The first kappa shape index (κ1) is 17.5. The van der Waals surface area contributed by atoms with Gasteiger partial charge in [-0.05, 0) is 46.8 Å². The standard InChI is InChI=1S/C15H19BrO5/c1-9(2)5-3-4-8-21-11-7-6-10(14(17)18)12(13(11)16)15(19)20/h6-7,9H,3-5,8H2,1-2H3,(H,17,18)(H,19,20). The lowest BCUT2D eigenvalue weighted by molar-refractivity contribution is 0.0650. The van der Waals surface area contributed by atoms with Crippen LogP contribution in [0.4, 0.5) is 0 Å². The van der Waals surface area contributed by atoms with Gasteiger partial charge in [0.2, 0.25) is 0 Å². The Morgan fingerprint density at radius 2 is 1.86 bits per heavy atom. The fourth-order valence-corrected chi connectivity index (χ4v) is 2.52. The summed E-state index contributed by atoms with van der Waals surface area (Å²) >= 11 is 3.12. The molecule has 0 saturated carbocycles. The van der Waals surface area contributed by atoms with Gasteiger partial charge in [-0.2, -0.15) is 0 Å². The smallest absolute Gasteiger partial charge is 0.337 e. The van der Waals surface area contributed by atoms with E-state index in [-0.39, 0.29) is 15.6 Å². The van der Waals surface area contributed by atoms with E-state index in [1.807, 2.05) is 0 Å². The van der Waals surface area contributed by atoms with Gasteiger partial charge in [0, 0.05) is 0 Å². The number of rotatable bonds is 8. The van der Waals surface area contributed by atoms with Gasteiger partial charge in [0.1, 0.15) is 5.75 Å². The van der Waals surface area contributed by atoms with E-state index in [1.165, 1.54) is 12.1 Å². The molecule has 0 amide bonds. The predicted molar refractivity (Wildman–Crippen MR) is 82.2 cm³/mol. The van der Waals surface area contributed by atoms with Crippen LogP contribution in [0.5, 0.6) is 5.75 Å². The predicted octanol–water partition coefficient (Wildman–Crippen LogP) is 4.05. The second kappa shape index (κ2) is 8.02. The summed E-state index contributed by atoms with van der Waals surface area (Å²) in [7, 11) is 0. The summed E-state index contributed by atoms with van der Waals surface area (Å²) in [5.41, 5.74) is -0.552. The molecule has 1 rings (SSSR count). The number of aromatic carboxylic acids is 2. The van der Waals surface area contributed by atoms with Gasteiger partial charge in [0.05, 0.1) is 22.2 Å². The molecule has 0 radical (unpaired) electrons. The van der Waals surface area contributed by atoms with E-state index < -0.39 is 11.9 Å². The van der Waals surface area contributed by atoms with Crippen LogP contribution in [0.3, 0.4) is 0 Å². The highest BCUT2D eigenvalue weighted by Gasteiger charge is 2.22. The Morgan fingerprint density at radius 3 is 2.38 bits per heavy atom. The van der Waals surface area contributed by atoms with E-state index >= 15 is 0 Å². The Kier molecular flexibility index (Phi) is 6.68. The van der Waals surface area contributed by atoms with Crippen molar-refractivity contribution in [2.45, 2.75) is 33.1 Å². The third-order valence-electron chi connectivity index (χ3n) is 2.98. The Hall–Kier alpha value is -1.56. The van der Waals surface area contributed by atoms with Gasteiger partial charge in [-0.25, -0.2) is 9.59 Å². The molecule has 2 N–H and O–H groups in total. The van der Waals surface area contributed by atoms with E-state index in [9.17, 15) is 9.59 Å². The normalized spacial score (nSPS) is 10.7. The van der Waals surface area contributed by atoms with E-state index in [2.05, 4.69) is 29.8 Å². The minimum Gasteiger partial charge on any atom is -0.492 e. The number of carbonyl (C=O) groups is 2. The monoisotopic (exact) mass is 358 g/mol. The Labute approximate surface area is 132 Å². The molecule has 5 nitrogen and oxygen atoms in total. The maximum atomic E-state index is 11.2. The van der Waals surface area contributed by atoms with E-state index in [0.29, 0.717) is 18.3 Å². The van der Waals surface area contributed by atoms with Gasteiger partial charge in [0.15, 0.2) is 0 Å². The molecule has 0 spiro atoms. The Morgan fingerprint density at radius 1 is 1.19 bits per heavy atom. The zero-order chi connectivity index (χ0) is 16.0. The van der Waals surface area contributed by atoms with Crippen molar-refractivity contribution < 1.29 is 24.5 Å². The first-order chi connectivity index (χ1) is 9.84. The fraction of sp³-hybridized carbons (Fsp3) is 0.467. The summed E-state index contributed by atoms with van der Waals surface area (Å²) in [6.45, 7) is 4.78. The van der Waals surface area contributed by atoms with Crippen LogP contribution < -0.4 is 4.74 Å². The van der Waals surface area contributed by atoms with Crippen LogP contribution in [0, 0.1) is 5.92 Å². The fourth-order valence-electron chi connectivity index (χ4n) is 1.89. The zero-order valence-corrected chi connectivity index (χ0v) is 13.6. The van der Waals surface area contributed by atoms with E-state index in [0.717, 1.165) is 19.3 Å². The van der Waals surface area contributed by atoms with Gasteiger partial charge in [-0.15, -0.1) is 0 Å². The molecular weight excluding hydrogens is 340 g/mol. The summed E-state index contributed by atoms with van der Waals surface area (Å²) in [5, 5.41) is 18.1. The second-order valence-corrected chi connectivity index (χ2v) is 5.94. The SMILES string of the molecule is CC(C)CCCCOc1ccc(C(=O)O)c(C(=O)O)c1Br. The average Bonchev–Trinajstić information content (AvgIpc) is 2.38. The van der Waals surface area contributed by atoms with Crippen molar-refractivity contribution in [3.8, 4) is 5.75 Å². The van der Waals surface area contributed by atoms with Gasteiger partial charge >= 0.3 is 11.9 Å². The Bertz CT molecular complexity index is 525. The minimum absolute atomic E-state index is 0.166. The number of benzene rings is 1. The molecule has 0 aliphatic rings. The highest BCUT2D eigenvalue weighted by Crippen LogP contribution is 2.31. The van der Waals surface area contributed by atoms with Crippen molar-refractivity contribution in [3.05, 3.63) is 27.7 Å². The Balaban J connectivity index is 2.78. The number of unbranched alkanes of at least 4 members (excludes halogenated alkanes) is 1. The second-order valence-electron chi connectivity index (χ2n) is 5.15.